The standard InChI is InChI=1S/C13H23NO/c1-10(2)6-5-7-13(14-4)12-8-11(3)15-9-12/h8-10,13-14H,5-7H2,1-4H3. The molecular weight excluding hydrogens is 186 g/mol. The second kappa shape index (κ2) is 5.96. The van der Waals surface area contributed by atoms with Gasteiger partial charge in [-0.2, -0.15) is 0 Å². The third-order valence-corrected chi connectivity index (χ3v) is 2.78. The fourth-order valence-electron chi connectivity index (χ4n) is 1.85. The Bertz CT molecular complexity index is 278. The fraction of sp³-hybridized carbons (Fsp3) is 0.692. The van der Waals surface area contributed by atoms with Gasteiger partial charge in [0.2, 0.25) is 0 Å². The van der Waals surface area contributed by atoms with E-state index >= 15 is 0 Å². The molecule has 0 aromatic carbocycles. The highest BCUT2D eigenvalue weighted by Gasteiger charge is 2.11. The summed E-state index contributed by atoms with van der Waals surface area (Å²) in [7, 11) is 2.02. The molecule has 15 heavy (non-hydrogen) atoms. The Morgan fingerprint density at radius 3 is 2.53 bits per heavy atom. The van der Waals surface area contributed by atoms with Crippen molar-refractivity contribution in [3.63, 3.8) is 0 Å². The molecule has 86 valence electrons. The first-order valence-electron chi connectivity index (χ1n) is 5.85. The Hall–Kier alpha value is -0.760. The molecule has 1 aromatic rings. The number of furan rings is 1. The second-order valence-corrected chi connectivity index (χ2v) is 4.66. The van der Waals surface area contributed by atoms with Crippen molar-refractivity contribution in [2.24, 2.45) is 5.92 Å². The minimum atomic E-state index is 0.446. The normalized spacial score (nSPS) is 13.4. The van der Waals surface area contributed by atoms with Gasteiger partial charge in [0.15, 0.2) is 0 Å². The predicted octanol–water partition coefficient (Wildman–Crippen LogP) is 3.67. The van der Waals surface area contributed by atoms with Gasteiger partial charge in [-0.25, -0.2) is 0 Å². The molecule has 1 aromatic heterocycles. The first-order valence-corrected chi connectivity index (χ1v) is 5.85. The average molecular weight is 209 g/mol. The second-order valence-electron chi connectivity index (χ2n) is 4.66. The fourth-order valence-corrected chi connectivity index (χ4v) is 1.85. The first-order chi connectivity index (χ1) is 7.13. The lowest BCUT2D eigenvalue weighted by atomic mass is 10.00. The predicted molar refractivity (Wildman–Crippen MR) is 63.9 cm³/mol. The molecule has 1 unspecified atom stereocenters. The third kappa shape index (κ3) is 4.08. The van der Waals surface area contributed by atoms with Crippen LogP contribution in [-0.2, 0) is 0 Å². The molecule has 1 rings (SSSR count). The van der Waals surface area contributed by atoms with Gasteiger partial charge in [0.05, 0.1) is 6.26 Å². The van der Waals surface area contributed by atoms with Gasteiger partial charge in [0, 0.05) is 11.6 Å². The van der Waals surface area contributed by atoms with Gasteiger partial charge in [-0.3, -0.25) is 0 Å². The molecule has 0 fully saturated rings. The minimum Gasteiger partial charge on any atom is -0.469 e. The average Bonchev–Trinajstić information content (AvgIpc) is 2.59. The van der Waals surface area contributed by atoms with Crippen molar-refractivity contribution in [2.75, 3.05) is 7.05 Å². The largest absolute Gasteiger partial charge is 0.469 e. The van der Waals surface area contributed by atoms with Gasteiger partial charge in [0.1, 0.15) is 5.76 Å². The van der Waals surface area contributed by atoms with Crippen molar-refractivity contribution < 1.29 is 4.42 Å². The van der Waals surface area contributed by atoms with Crippen molar-refractivity contribution in [2.45, 2.75) is 46.1 Å². The maximum Gasteiger partial charge on any atom is 0.101 e. The zero-order valence-corrected chi connectivity index (χ0v) is 10.3. The van der Waals surface area contributed by atoms with E-state index in [1.165, 1.54) is 24.8 Å². The molecule has 0 saturated heterocycles. The third-order valence-electron chi connectivity index (χ3n) is 2.78. The maximum absolute atomic E-state index is 5.33. The zero-order chi connectivity index (χ0) is 11.3. The van der Waals surface area contributed by atoms with Crippen molar-refractivity contribution in [1.82, 2.24) is 5.32 Å². The van der Waals surface area contributed by atoms with Gasteiger partial charge < -0.3 is 9.73 Å². The van der Waals surface area contributed by atoms with Crippen LogP contribution in [0.4, 0.5) is 0 Å². The number of hydrogen-bond acceptors (Lipinski definition) is 2. The summed E-state index contributed by atoms with van der Waals surface area (Å²) in [5.74, 6) is 1.79. The van der Waals surface area contributed by atoms with Gasteiger partial charge in [-0.1, -0.05) is 26.7 Å². The molecular formula is C13H23NO. The molecule has 0 bridgehead atoms. The summed E-state index contributed by atoms with van der Waals surface area (Å²) in [5.41, 5.74) is 1.28. The number of aryl methyl sites for hydroxylation is 1. The van der Waals surface area contributed by atoms with Crippen LogP contribution in [0.25, 0.3) is 0 Å². The highest BCUT2D eigenvalue weighted by Crippen LogP contribution is 2.22. The maximum atomic E-state index is 5.33. The molecule has 0 aliphatic heterocycles. The van der Waals surface area contributed by atoms with Crippen molar-refractivity contribution >= 4 is 0 Å². The van der Waals surface area contributed by atoms with E-state index < -0.39 is 0 Å². The lowest BCUT2D eigenvalue weighted by molar-refractivity contribution is 0.464. The molecule has 2 nitrogen and oxygen atoms in total. The molecule has 1 N–H and O–H groups in total. The molecule has 1 atom stereocenters. The lowest BCUT2D eigenvalue weighted by Gasteiger charge is -2.14. The van der Waals surface area contributed by atoms with Crippen molar-refractivity contribution in [1.29, 1.82) is 0 Å². The summed E-state index contributed by atoms with van der Waals surface area (Å²) in [6.07, 6.45) is 5.63. The number of hydrogen-bond donors (Lipinski definition) is 1. The monoisotopic (exact) mass is 209 g/mol. The molecule has 0 radical (unpaired) electrons. The number of nitrogens with one attached hydrogen (secondary N) is 1. The van der Waals surface area contributed by atoms with Gasteiger partial charge in [0.25, 0.3) is 0 Å². The van der Waals surface area contributed by atoms with Gasteiger partial charge in [-0.15, -0.1) is 0 Å². The summed E-state index contributed by atoms with van der Waals surface area (Å²) >= 11 is 0. The topological polar surface area (TPSA) is 25.2 Å². The molecule has 0 saturated carbocycles. The van der Waals surface area contributed by atoms with Crippen LogP contribution < -0.4 is 5.32 Å². The van der Waals surface area contributed by atoms with E-state index in [0.29, 0.717) is 6.04 Å². The molecule has 0 spiro atoms. The van der Waals surface area contributed by atoms with E-state index in [1.807, 2.05) is 20.2 Å². The SMILES string of the molecule is CNC(CCCC(C)C)c1coc(C)c1. The quantitative estimate of drug-likeness (QED) is 0.773. The van der Waals surface area contributed by atoms with Crippen LogP contribution in [0.1, 0.15) is 50.5 Å². The summed E-state index contributed by atoms with van der Waals surface area (Å²) in [6.45, 7) is 6.54. The van der Waals surface area contributed by atoms with Crippen molar-refractivity contribution in [3.05, 3.63) is 23.7 Å². The van der Waals surface area contributed by atoms with E-state index in [0.717, 1.165) is 11.7 Å². The molecule has 2 heteroatoms. The van der Waals surface area contributed by atoms with Crippen LogP contribution in [-0.4, -0.2) is 7.05 Å². The van der Waals surface area contributed by atoms with Crippen LogP contribution in [0, 0.1) is 12.8 Å². The van der Waals surface area contributed by atoms with Crippen LogP contribution in [0.15, 0.2) is 16.7 Å². The van der Waals surface area contributed by atoms with E-state index in [2.05, 4.69) is 25.2 Å². The minimum absolute atomic E-state index is 0.446. The Balaban J connectivity index is 2.42. The van der Waals surface area contributed by atoms with E-state index in [1.54, 1.807) is 0 Å². The van der Waals surface area contributed by atoms with Crippen LogP contribution >= 0.6 is 0 Å². The Kier molecular flexibility index (Phi) is 4.89. The molecule has 0 amide bonds. The Morgan fingerprint density at radius 1 is 1.33 bits per heavy atom. The van der Waals surface area contributed by atoms with E-state index in [-0.39, 0.29) is 0 Å². The van der Waals surface area contributed by atoms with Gasteiger partial charge in [-0.05, 0) is 32.4 Å². The van der Waals surface area contributed by atoms with Crippen LogP contribution in [0.3, 0.4) is 0 Å². The smallest absolute Gasteiger partial charge is 0.101 e. The van der Waals surface area contributed by atoms with Crippen molar-refractivity contribution in [3.8, 4) is 0 Å². The summed E-state index contributed by atoms with van der Waals surface area (Å²) in [5, 5.41) is 3.35. The number of rotatable bonds is 6. The summed E-state index contributed by atoms with van der Waals surface area (Å²) in [4.78, 5) is 0. The summed E-state index contributed by atoms with van der Waals surface area (Å²) < 4.78 is 5.33. The molecule has 1 heterocycles. The van der Waals surface area contributed by atoms with E-state index in [4.69, 9.17) is 4.42 Å². The van der Waals surface area contributed by atoms with E-state index in [9.17, 15) is 0 Å². The molecule has 0 aliphatic rings. The zero-order valence-electron chi connectivity index (χ0n) is 10.3. The molecule has 0 aliphatic carbocycles. The first kappa shape index (κ1) is 12.3. The lowest BCUT2D eigenvalue weighted by Crippen LogP contribution is -2.15. The highest BCUT2D eigenvalue weighted by molar-refractivity contribution is 5.16. The highest BCUT2D eigenvalue weighted by atomic mass is 16.3. The summed E-state index contributed by atoms with van der Waals surface area (Å²) in [6, 6.07) is 2.57. The Morgan fingerprint density at radius 2 is 2.07 bits per heavy atom. The van der Waals surface area contributed by atoms with Crippen LogP contribution in [0.5, 0.6) is 0 Å². The van der Waals surface area contributed by atoms with Crippen LogP contribution in [0.2, 0.25) is 0 Å². The Labute approximate surface area is 93.1 Å². The van der Waals surface area contributed by atoms with Gasteiger partial charge >= 0.3 is 0 Å².